The van der Waals surface area contributed by atoms with Gasteiger partial charge in [0.1, 0.15) is 0 Å². The van der Waals surface area contributed by atoms with Crippen LogP contribution < -0.4 is 5.32 Å². The minimum atomic E-state index is 0.216. The Labute approximate surface area is 97.3 Å². The lowest BCUT2D eigenvalue weighted by Gasteiger charge is -2.23. The number of carbonyl (C=O) groups is 1. The van der Waals surface area contributed by atoms with Gasteiger partial charge < -0.3 is 9.64 Å². The second-order valence-electron chi connectivity index (χ2n) is 4.79. The van der Waals surface area contributed by atoms with Gasteiger partial charge in [0, 0.05) is 13.2 Å². The van der Waals surface area contributed by atoms with Gasteiger partial charge in [0.15, 0.2) is 0 Å². The highest BCUT2D eigenvalue weighted by Crippen LogP contribution is 2.28. The third kappa shape index (κ3) is 3.19. The first-order chi connectivity index (χ1) is 7.81. The van der Waals surface area contributed by atoms with Crippen LogP contribution >= 0.6 is 0 Å². The van der Waals surface area contributed by atoms with Gasteiger partial charge in [-0.3, -0.25) is 10.1 Å². The van der Waals surface area contributed by atoms with Gasteiger partial charge in [0.05, 0.1) is 19.3 Å². The van der Waals surface area contributed by atoms with E-state index in [1.807, 2.05) is 4.90 Å². The molecule has 0 radical (unpaired) electrons. The smallest absolute Gasteiger partial charge is 0.237 e. The van der Waals surface area contributed by atoms with Gasteiger partial charge in [-0.2, -0.15) is 0 Å². The lowest BCUT2D eigenvalue weighted by atomic mass is 10.2. The van der Waals surface area contributed by atoms with Crippen LogP contribution in [0.15, 0.2) is 0 Å². The molecule has 0 aromatic heterocycles. The summed E-state index contributed by atoms with van der Waals surface area (Å²) < 4.78 is 5.57. The topological polar surface area (TPSA) is 41.6 Å². The van der Waals surface area contributed by atoms with Gasteiger partial charge in [0.25, 0.3) is 0 Å². The fraction of sp³-hybridized carbons (Fsp3) is 0.917. The maximum absolute atomic E-state index is 11.6. The monoisotopic (exact) mass is 226 g/mol. The molecular weight excluding hydrogens is 204 g/mol. The molecule has 16 heavy (non-hydrogen) atoms. The van der Waals surface area contributed by atoms with Crippen molar-refractivity contribution in [2.45, 2.75) is 38.8 Å². The molecule has 1 amide bonds. The van der Waals surface area contributed by atoms with Crippen molar-refractivity contribution in [1.29, 1.82) is 0 Å². The highest BCUT2D eigenvalue weighted by molar-refractivity contribution is 5.80. The van der Waals surface area contributed by atoms with E-state index in [1.54, 1.807) is 0 Å². The number of nitrogens with one attached hydrogen (secondary N) is 1. The number of hydrogen-bond donors (Lipinski definition) is 1. The normalized spacial score (nSPS) is 25.4. The Kier molecular flexibility index (Phi) is 4.18. The highest BCUT2D eigenvalue weighted by Gasteiger charge is 2.29. The number of hydrogen-bond acceptors (Lipinski definition) is 3. The summed E-state index contributed by atoms with van der Waals surface area (Å²) >= 11 is 0. The third-order valence-electron chi connectivity index (χ3n) is 3.27. The lowest BCUT2D eigenvalue weighted by Crippen LogP contribution is -2.39. The van der Waals surface area contributed by atoms with E-state index in [2.05, 4.69) is 12.2 Å². The average Bonchev–Trinajstić information content (AvgIpc) is 3.03. The summed E-state index contributed by atoms with van der Waals surface area (Å²) in [5, 5.41) is 3.24. The predicted octanol–water partition coefficient (Wildman–Crippen LogP) is 0.971. The molecule has 2 rings (SSSR count). The van der Waals surface area contributed by atoms with E-state index >= 15 is 0 Å². The van der Waals surface area contributed by atoms with E-state index in [0.29, 0.717) is 13.2 Å². The van der Waals surface area contributed by atoms with Crippen LogP contribution in [-0.4, -0.2) is 43.3 Å². The molecule has 1 unspecified atom stereocenters. The summed E-state index contributed by atoms with van der Waals surface area (Å²) in [6, 6.07) is 0. The molecule has 1 N–H and O–H groups in total. The van der Waals surface area contributed by atoms with Gasteiger partial charge in [-0.05, 0) is 25.2 Å². The SMILES string of the molecule is CCCC1NCC(=O)N1CCOCC1CC1. The maximum atomic E-state index is 11.6. The Morgan fingerprint density at radius 3 is 3.00 bits per heavy atom. The van der Waals surface area contributed by atoms with Crippen molar-refractivity contribution in [2.24, 2.45) is 5.92 Å². The van der Waals surface area contributed by atoms with Crippen LogP contribution in [0.2, 0.25) is 0 Å². The Balaban J connectivity index is 1.65. The summed E-state index contributed by atoms with van der Waals surface area (Å²) in [5.41, 5.74) is 0. The zero-order valence-electron chi connectivity index (χ0n) is 10.1. The van der Waals surface area contributed by atoms with Crippen LogP contribution in [0.25, 0.3) is 0 Å². The molecule has 4 heteroatoms. The predicted molar refractivity (Wildman–Crippen MR) is 62.0 cm³/mol. The van der Waals surface area contributed by atoms with Crippen LogP contribution in [-0.2, 0) is 9.53 Å². The van der Waals surface area contributed by atoms with Crippen LogP contribution in [0.5, 0.6) is 0 Å². The molecule has 0 bridgehead atoms. The number of ether oxygens (including phenoxy) is 1. The molecule has 2 fully saturated rings. The minimum Gasteiger partial charge on any atom is -0.379 e. The fourth-order valence-electron chi connectivity index (χ4n) is 2.10. The molecule has 4 nitrogen and oxygen atoms in total. The van der Waals surface area contributed by atoms with Crippen molar-refractivity contribution in [3.8, 4) is 0 Å². The summed E-state index contributed by atoms with van der Waals surface area (Å²) in [5.74, 6) is 1.02. The molecule has 1 saturated heterocycles. The number of nitrogens with zero attached hydrogens (tertiary/aromatic N) is 1. The summed E-state index contributed by atoms with van der Waals surface area (Å²) in [7, 11) is 0. The molecule has 92 valence electrons. The molecule has 0 spiro atoms. The summed E-state index contributed by atoms with van der Waals surface area (Å²) in [6.07, 6.45) is 5.02. The van der Waals surface area contributed by atoms with E-state index in [1.165, 1.54) is 12.8 Å². The molecule has 2 aliphatic rings. The number of rotatable bonds is 7. The van der Waals surface area contributed by atoms with Crippen molar-refractivity contribution in [3.63, 3.8) is 0 Å². The van der Waals surface area contributed by atoms with Crippen LogP contribution in [0.3, 0.4) is 0 Å². The van der Waals surface area contributed by atoms with E-state index in [9.17, 15) is 4.79 Å². The van der Waals surface area contributed by atoms with Gasteiger partial charge in [-0.15, -0.1) is 0 Å². The summed E-state index contributed by atoms with van der Waals surface area (Å²) in [4.78, 5) is 13.5. The van der Waals surface area contributed by atoms with Crippen molar-refractivity contribution < 1.29 is 9.53 Å². The van der Waals surface area contributed by atoms with E-state index in [0.717, 1.165) is 31.9 Å². The molecule has 0 aromatic carbocycles. The Bertz CT molecular complexity index is 241. The summed E-state index contributed by atoms with van der Waals surface area (Å²) in [6.45, 7) is 4.95. The van der Waals surface area contributed by atoms with Gasteiger partial charge in [0.2, 0.25) is 5.91 Å². The van der Waals surface area contributed by atoms with E-state index in [-0.39, 0.29) is 12.1 Å². The van der Waals surface area contributed by atoms with E-state index < -0.39 is 0 Å². The molecule has 0 aromatic rings. The van der Waals surface area contributed by atoms with Crippen LogP contribution in [0.1, 0.15) is 32.6 Å². The molecule has 1 saturated carbocycles. The first-order valence-electron chi connectivity index (χ1n) is 6.42. The van der Waals surface area contributed by atoms with E-state index in [4.69, 9.17) is 4.74 Å². The maximum Gasteiger partial charge on any atom is 0.237 e. The Morgan fingerprint density at radius 2 is 2.31 bits per heavy atom. The standard InChI is InChI=1S/C12H22N2O2/c1-2-3-11-13-8-12(15)14(11)6-7-16-9-10-4-5-10/h10-11,13H,2-9H2,1H3. The first kappa shape index (κ1) is 11.9. The van der Waals surface area contributed by atoms with Crippen molar-refractivity contribution in [2.75, 3.05) is 26.3 Å². The van der Waals surface area contributed by atoms with Gasteiger partial charge in [-0.25, -0.2) is 0 Å². The quantitative estimate of drug-likeness (QED) is 0.658. The van der Waals surface area contributed by atoms with Gasteiger partial charge in [-0.1, -0.05) is 13.3 Å². The number of carbonyl (C=O) groups excluding carboxylic acids is 1. The largest absolute Gasteiger partial charge is 0.379 e. The second-order valence-corrected chi connectivity index (χ2v) is 4.79. The lowest BCUT2D eigenvalue weighted by molar-refractivity contribution is -0.128. The Morgan fingerprint density at radius 1 is 1.50 bits per heavy atom. The zero-order chi connectivity index (χ0) is 11.4. The van der Waals surface area contributed by atoms with Gasteiger partial charge >= 0.3 is 0 Å². The molecule has 1 aliphatic carbocycles. The van der Waals surface area contributed by atoms with Crippen molar-refractivity contribution in [3.05, 3.63) is 0 Å². The Hall–Kier alpha value is -0.610. The molecule has 1 heterocycles. The molecular formula is C12H22N2O2. The number of amides is 1. The average molecular weight is 226 g/mol. The van der Waals surface area contributed by atoms with Crippen molar-refractivity contribution in [1.82, 2.24) is 10.2 Å². The van der Waals surface area contributed by atoms with Crippen LogP contribution in [0.4, 0.5) is 0 Å². The molecule has 1 atom stereocenters. The highest BCUT2D eigenvalue weighted by atomic mass is 16.5. The molecule has 1 aliphatic heterocycles. The van der Waals surface area contributed by atoms with Crippen molar-refractivity contribution >= 4 is 5.91 Å². The third-order valence-corrected chi connectivity index (χ3v) is 3.27. The minimum absolute atomic E-state index is 0.216. The zero-order valence-corrected chi connectivity index (χ0v) is 10.1. The second kappa shape index (κ2) is 5.64. The first-order valence-corrected chi connectivity index (χ1v) is 6.42. The fourth-order valence-corrected chi connectivity index (χ4v) is 2.10. The van der Waals surface area contributed by atoms with Crippen LogP contribution in [0, 0.1) is 5.92 Å².